The van der Waals surface area contributed by atoms with Gasteiger partial charge in [0.1, 0.15) is 11.6 Å². The van der Waals surface area contributed by atoms with Crippen molar-refractivity contribution < 1.29 is 4.74 Å². The largest absolute Gasteiger partial charge is 0.497 e. The van der Waals surface area contributed by atoms with Crippen LogP contribution in [0.25, 0.3) is 12.2 Å². The van der Waals surface area contributed by atoms with Crippen LogP contribution in [0.2, 0.25) is 0 Å². The molecule has 1 aromatic heterocycles. The number of ether oxygens (including phenoxy) is 1. The molecule has 2 rings (SSSR count). The Bertz CT molecular complexity index is 518. The molecule has 0 aliphatic heterocycles. The SMILES string of the molecule is COc1ccc(C=Cc2cccc(N)n2)cc1. The number of anilines is 1. The van der Waals surface area contributed by atoms with Crippen molar-refractivity contribution >= 4 is 18.0 Å². The van der Waals surface area contributed by atoms with E-state index >= 15 is 0 Å². The van der Waals surface area contributed by atoms with E-state index in [2.05, 4.69) is 4.98 Å². The van der Waals surface area contributed by atoms with E-state index in [-0.39, 0.29) is 0 Å². The zero-order chi connectivity index (χ0) is 12.1. The van der Waals surface area contributed by atoms with Crippen LogP contribution in [0.5, 0.6) is 5.75 Å². The molecule has 0 saturated heterocycles. The summed E-state index contributed by atoms with van der Waals surface area (Å²) in [4.78, 5) is 4.19. The number of nitrogens with two attached hydrogens (primary N) is 1. The standard InChI is InChI=1S/C14H14N2O/c1-17-13-9-6-11(7-10-13)5-8-12-3-2-4-14(15)16-12/h2-10H,1H3,(H2,15,16). The van der Waals surface area contributed by atoms with Crippen molar-refractivity contribution in [3.63, 3.8) is 0 Å². The molecule has 0 atom stereocenters. The van der Waals surface area contributed by atoms with Gasteiger partial charge >= 0.3 is 0 Å². The number of nitrogens with zero attached hydrogens (tertiary/aromatic N) is 1. The maximum atomic E-state index is 5.60. The van der Waals surface area contributed by atoms with Crippen LogP contribution in [0.15, 0.2) is 42.5 Å². The lowest BCUT2D eigenvalue weighted by molar-refractivity contribution is 0.415. The molecule has 3 nitrogen and oxygen atoms in total. The first-order chi connectivity index (χ1) is 8.28. The van der Waals surface area contributed by atoms with Crippen molar-refractivity contribution in [2.75, 3.05) is 12.8 Å². The van der Waals surface area contributed by atoms with Gasteiger partial charge in [0.15, 0.2) is 0 Å². The summed E-state index contributed by atoms with van der Waals surface area (Å²) >= 11 is 0. The fourth-order valence-electron chi connectivity index (χ4n) is 1.46. The maximum Gasteiger partial charge on any atom is 0.124 e. The van der Waals surface area contributed by atoms with E-state index in [4.69, 9.17) is 10.5 Å². The Hall–Kier alpha value is -2.29. The molecule has 0 aliphatic rings. The molecule has 0 unspecified atom stereocenters. The fourth-order valence-corrected chi connectivity index (χ4v) is 1.46. The Kier molecular flexibility index (Phi) is 3.40. The summed E-state index contributed by atoms with van der Waals surface area (Å²) in [5, 5.41) is 0. The molecule has 0 aliphatic carbocycles. The number of rotatable bonds is 3. The van der Waals surface area contributed by atoms with Crippen LogP contribution >= 0.6 is 0 Å². The smallest absolute Gasteiger partial charge is 0.124 e. The third kappa shape index (κ3) is 3.08. The van der Waals surface area contributed by atoms with Gasteiger partial charge in [-0.15, -0.1) is 0 Å². The summed E-state index contributed by atoms with van der Waals surface area (Å²) in [6.45, 7) is 0. The molecule has 0 radical (unpaired) electrons. The molecule has 1 aromatic carbocycles. The molecule has 0 spiro atoms. The lowest BCUT2D eigenvalue weighted by atomic mass is 10.2. The number of methoxy groups -OCH3 is 1. The van der Waals surface area contributed by atoms with Gasteiger partial charge in [0.25, 0.3) is 0 Å². The van der Waals surface area contributed by atoms with E-state index in [1.807, 2.05) is 48.6 Å². The van der Waals surface area contributed by atoms with Gasteiger partial charge in [-0.2, -0.15) is 0 Å². The fraction of sp³-hybridized carbons (Fsp3) is 0.0714. The van der Waals surface area contributed by atoms with E-state index in [0.717, 1.165) is 17.0 Å². The van der Waals surface area contributed by atoms with Crippen LogP contribution in [0.1, 0.15) is 11.3 Å². The summed E-state index contributed by atoms with van der Waals surface area (Å²) in [5.41, 5.74) is 7.54. The van der Waals surface area contributed by atoms with Gasteiger partial charge in [0, 0.05) is 0 Å². The zero-order valence-electron chi connectivity index (χ0n) is 9.63. The van der Waals surface area contributed by atoms with Gasteiger partial charge < -0.3 is 10.5 Å². The van der Waals surface area contributed by atoms with E-state index in [0.29, 0.717) is 5.82 Å². The van der Waals surface area contributed by atoms with E-state index in [1.54, 1.807) is 13.2 Å². The monoisotopic (exact) mass is 226 g/mol. The predicted octanol–water partition coefficient (Wildman–Crippen LogP) is 2.84. The first kappa shape index (κ1) is 11.2. The molecule has 2 N–H and O–H groups in total. The number of hydrogen-bond donors (Lipinski definition) is 1. The molecular formula is C14H14N2O. The number of aromatic nitrogens is 1. The molecule has 17 heavy (non-hydrogen) atoms. The number of hydrogen-bond acceptors (Lipinski definition) is 3. The molecule has 0 bridgehead atoms. The molecule has 0 saturated carbocycles. The molecule has 3 heteroatoms. The molecule has 1 heterocycles. The number of pyridine rings is 1. The normalized spacial score (nSPS) is 10.6. The summed E-state index contributed by atoms with van der Waals surface area (Å²) < 4.78 is 5.09. The number of benzene rings is 1. The van der Waals surface area contributed by atoms with Gasteiger partial charge in [-0.3, -0.25) is 0 Å². The van der Waals surface area contributed by atoms with E-state index in [9.17, 15) is 0 Å². The van der Waals surface area contributed by atoms with Crippen molar-refractivity contribution in [2.24, 2.45) is 0 Å². The summed E-state index contributed by atoms with van der Waals surface area (Å²) in [5.74, 6) is 1.38. The summed E-state index contributed by atoms with van der Waals surface area (Å²) in [6, 6.07) is 13.4. The first-order valence-corrected chi connectivity index (χ1v) is 5.32. The molecule has 2 aromatic rings. The van der Waals surface area contributed by atoms with E-state index < -0.39 is 0 Å². The molecule has 86 valence electrons. The third-order valence-electron chi connectivity index (χ3n) is 2.35. The van der Waals surface area contributed by atoms with Gasteiger partial charge in [-0.25, -0.2) is 4.98 Å². The first-order valence-electron chi connectivity index (χ1n) is 5.32. The Morgan fingerprint density at radius 2 is 1.82 bits per heavy atom. The van der Waals surface area contributed by atoms with Gasteiger partial charge in [-0.05, 0) is 35.9 Å². The van der Waals surface area contributed by atoms with Crippen LogP contribution < -0.4 is 10.5 Å². The predicted molar refractivity (Wildman–Crippen MR) is 70.6 cm³/mol. The van der Waals surface area contributed by atoms with E-state index in [1.165, 1.54) is 0 Å². The average molecular weight is 226 g/mol. The van der Waals surface area contributed by atoms with Crippen molar-refractivity contribution in [1.29, 1.82) is 0 Å². The van der Waals surface area contributed by atoms with Gasteiger partial charge in [-0.1, -0.05) is 24.3 Å². The Balaban J connectivity index is 2.14. The minimum atomic E-state index is 0.530. The van der Waals surface area contributed by atoms with Crippen LogP contribution in [-0.2, 0) is 0 Å². The van der Waals surface area contributed by atoms with Crippen molar-refractivity contribution in [3.8, 4) is 5.75 Å². The summed E-state index contributed by atoms with van der Waals surface area (Å²) in [7, 11) is 1.65. The lowest BCUT2D eigenvalue weighted by Crippen LogP contribution is -1.90. The van der Waals surface area contributed by atoms with Crippen LogP contribution in [-0.4, -0.2) is 12.1 Å². The Morgan fingerprint density at radius 3 is 2.47 bits per heavy atom. The highest BCUT2D eigenvalue weighted by Gasteiger charge is 1.92. The van der Waals surface area contributed by atoms with Crippen LogP contribution in [0.3, 0.4) is 0 Å². The molecular weight excluding hydrogens is 212 g/mol. The Labute approximate surface area is 101 Å². The second-order valence-electron chi connectivity index (χ2n) is 3.59. The molecule has 0 amide bonds. The highest BCUT2D eigenvalue weighted by Crippen LogP contribution is 2.13. The zero-order valence-corrected chi connectivity index (χ0v) is 9.63. The molecule has 0 fully saturated rings. The second kappa shape index (κ2) is 5.16. The lowest BCUT2D eigenvalue weighted by Gasteiger charge is -1.99. The van der Waals surface area contributed by atoms with Gasteiger partial charge in [0.05, 0.1) is 12.8 Å². The Morgan fingerprint density at radius 1 is 1.06 bits per heavy atom. The highest BCUT2D eigenvalue weighted by molar-refractivity contribution is 5.68. The quantitative estimate of drug-likeness (QED) is 0.875. The van der Waals surface area contributed by atoms with Gasteiger partial charge in [0.2, 0.25) is 0 Å². The average Bonchev–Trinajstić information content (AvgIpc) is 2.37. The minimum Gasteiger partial charge on any atom is -0.497 e. The highest BCUT2D eigenvalue weighted by atomic mass is 16.5. The minimum absolute atomic E-state index is 0.530. The topological polar surface area (TPSA) is 48.1 Å². The summed E-state index contributed by atoms with van der Waals surface area (Å²) in [6.07, 6.45) is 3.92. The van der Waals surface area contributed by atoms with Crippen molar-refractivity contribution in [2.45, 2.75) is 0 Å². The maximum absolute atomic E-state index is 5.60. The van der Waals surface area contributed by atoms with Crippen LogP contribution in [0.4, 0.5) is 5.82 Å². The van der Waals surface area contributed by atoms with Crippen molar-refractivity contribution in [1.82, 2.24) is 4.98 Å². The second-order valence-corrected chi connectivity index (χ2v) is 3.59. The number of nitrogen functional groups attached to an aromatic ring is 1. The van der Waals surface area contributed by atoms with Crippen molar-refractivity contribution in [3.05, 3.63) is 53.7 Å². The third-order valence-corrected chi connectivity index (χ3v) is 2.35. The van der Waals surface area contributed by atoms with Crippen LogP contribution in [0, 0.1) is 0 Å².